The Morgan fingerprint density at radius 2 is 2.05 bits per heavy atom. The maximum Gasteiger partial charge on any atom is 0.255 e. The Labute approximate surface area is 113 Å². The third kappa shape index (κ3) is 5.18. The topological polar surface area (TPSA) is 78.8 Å². The normalized spacial score (nSPS) is 10.7. The molecule has 1 rings (SSSR count). The predicted molar refractivity (Wildman–Crippen MR) is 72.4 cm³/mol. The van der Waals surface area contributed by atoms with Crippen LogP contribution in [-0.4, -0.2) is 35.4 Å². The maximum atomic E-state index is 11.7. The minimum atomic E-state index is -0.391. The zero-order chi connectivity index (χ0) is 14.3. The lowest BCUT2D eigenvalue weighted by molar-refractivity contribution is 0.0754. The number of phenolic OH excluding ortho intramolecular Hbond substituents is 2. The van der Waals surface area contributed by atoms with Gasteiger partial charge in [-0.3, -0.25) is 4.79 Å². The summed E-state index contributed by atoms with van der Waals surface area (Å²) in [5, 5.41) is 21.5. The largest absolute Gasteiger partial charge is 0.504 e. The molecule has 0 spiro atoms. The molecule has 0 heterocycles. The van der Waals surface area contributed by atoms with Crippen molar-refractivity contribution in [1.82, 2.24) is 5.32 Å². The first-order valence-corrected chi connectivity index (χ1v) is 6.43. The lowest BCUT2D eigenvalue weighted by atomic mass is 10.1. The highest BCUT2D eigenvalue weighted by Crippen LogP contribution is 2.27. The molecule has 1 aromatic carbocycles. The molecular formula is C14H21NO4. The van der Waals surface area contributed by atoms with Gasteiger partial charge in [0.2, 0.25) is 0 Å². The number of phenols is 2. The molecule has 5 nitrogen and oxygen atoms in total. The summed E-state index contributed by atoms with van der Waals surface area (Å²) in [6, 6.07) is 4.31. The first-order valence-electron chi connectivity index (χ1n) is 6.43. The minimum absolute atomic E-state index is 0.0819. The SMILES string of the molecule is CC(C)OCCCCNC(=O)c1cccc(O)c1O. The van der Waals surface area contributed by atoms with Gasteiger partial charge in [-0.25, -0.2) is 0 Å². The summed E-state index contributed by atoms with van der Waals surface area (Å²) >= 11 is 0. The van der Waals surface area contributed by atoms with Crippen molar-refractivity contribution < 1.29 is 19.7 Å². The van der Waals surface area contributed by atoms with Crippen molar-refractivity contribution in [3.63, 3.8) is 0 Å². The number of unbranched alkanes of at least 4 members (excludes halogenated alkanes) is 1. The van der Waals surface area contributed by atoms with Gasteiger partial charge in [0.15, 0.2) is 11.5 Å². The first-order chi connectivity index (χ1) is 9.02. The van der Waals surface area contributed by atoms with E-state index in [0.29, 0.717) is 13.2 Å². The number of amides is 1. The quantitative estimate of drug-likeness (QED) is 0.522. The number of ether oxygens (including phenoxy) is 1. The molecule has 0 bridgehead atoms. The average molecular weight is 267 g/mol. The van der Waals surface area contributed by atoms with Crippen molar-refractivity contribution in [2.24, 2.45) is 0 Å². The summed E-state index contributed by atoms with van der Waals surface area (Å²) in [6.45, 7) is 5.14. The third-order valence-corrected chi connectivity index (χ3v) is 2.57. The number of carbonyl (C=O) groups is 1. The standard InChI is InChI=1S/C14H21NO4/c1-10(2)19-9-4-3-8-15-14(18)11-6-5-7-12(16)13(11)17/h5-7,10,16-17H,3-4,8-9H2,1-2H3,(H,15,18). The Morgan fingerprint density at radius 1 is 1.32 bits per heavy atom. The molecule has 0 saturated carbocycles. The van der Waals surface area contributed by atoms with E-state index in [4.69, 9.17) is 4.74 Å². The monoisotopic (exact) mass is 267 g/mol. The molecule has 1 amide bonds. The van der Waals surface area contributed by atoms with Crippen LogP contribution in [0, 0.1) is 0 Å². The second-order valence-electron chi connectivity index (χ2n) is 4.56. The lowest BCUT2D eigenvalue weighted by Crippen LogP contribution is -2.24. The Balaban J connectivity index is 2.30. The Hall–Kier alpha value is -1.75. The van der Waals surface area contributed by atoms with Gasteiger partial charge in [0.05, 0.1) is 11.7 Å². The van der Waals surface area contributed by atoms with Gasteiger partial charge in [-0.05, 0) is 38.8 Å². The van der Waals surface area contributed by atoms with Crippen molar-refractivity contribution in [2.75, 3.05) is 13.2 Å². The summed E-state index contributed by atoms with van der Waals surface area (Å²) in [5.41, 5.74) is 0.0819. The highest BCUT2D eigenvalue weighted by Gasteiger charge is 2.12. The predicted octanol–water partition coefficient (Wildman–Crippen LogP) is 2.03. The van der Waals surface area contributed by atoms with Gasteiger partial charge in [0.1, 0.15) is 0 Å². The van der Waals surface area contributed by atoms with Gasteiger partial charge in [-0.2, -0.15) is 0 Å². The summed E-state index contributed by atoms with van der Waals surface area (Å²) < 4.78 is 5.38. The fourth-order valence-electron chi connectivity index (χ4n) is 1.56. The van der Waals surface area contributed by atoms with Crippen LogP contribution >= 0.6 is 0 Å². The zero-order valence-electron chi connectivity index (χ0n) is 11.3. The maximum absolute atomic E-state index is 11.7. The molecule has 0 atom stereocenters. The van der Waals surface area contributed by atoms with Crippen LogP contribution in [0.4, 0.5) is 0 Å². The van der Waals surface area contributed by atoms with Crippen LogP contribution < -0.4 is 5.32 Å². The van der Waals surface area contributed by atoms with Crippen molar-refractivity contribution in [2.45, 2.75) is 32.8 Å². The van der Waals surface area contributed by atoms with Crippen LogP contribution in [0.2, 0.25) is 0 Å². The summed E-state index contributed by atoms with van der Waals surface area (Å²) in [4.78, 5) is 11.7. The Morgan fingerprint density at radius 3 is 2.74 bits per heavy atom. The highest BCUT2D eigenvalue weighted by molar-refractivity contribution is 5.97. The molecule has 0 aliphatic heterocycles. The molecule has 5 heteroatoms. The summed E-state index contributed by atoms with van der Waals surface area (Å²) in [5.74, 6) is -1.07. The number of hydrogen-bond donors (Lipinski definition) is 3. The van der Waals surface area contributed by atoms with Gasteiger partial charge in [0, 0.05) is 13.2 Å². The van der Waals surface area contributed by atoms with Crippen molar-refractivity contribution in [3.05, 3.63) is 23.8 Å². The smallest absolute Gasteiger partial charge is 0.255 e. The average Bonchev–Trinajstić information content (AvgIpc) is 2.36. The molecule has 19 heavy (non-hydrogen) atoms. The van der Waals surface area contributed by atoms with Gasteiger partial charge in [-0.1, -0.05) is 6.07 Å². The number of para-hydroxylation sites is 1. The van der Waals surface area contributed by atoms with E-state index in [1.54, 1.807) is 0 Å². The molecule has 106 valence electrons. The third-order valence-electron chi connectivity index (χ3n) is 2.57. The van der Waals surface area contributed by atoms with Gasteiger partial charge in [0.25, 0.3) is 5.91 Å². The van der Waals surface area contributed by atoms with Crippen LogP contribution in [0.25, 0.3) is 0 Å². The first kappa shape index (κ1) is 15.3. The summed E-state index contributed by atoms with van der Waals surface area (Å²) in [7, 11) is 0. The molecule has 0 radical (unpaired) electrons. The Bertz CT molecular complexity index is 418. The van der Waals surface area contributed by atoms with E-state index in [1.165, 1.54) is 18.2 Å². The van der Waals surface area contributed by atoms with Crippen molar-refractivity contribution in [1.29, 1.82) is 0 Å². The van der Waals surface area contributed by atoms with E-state index in [-0.39, 0.29) is 23.2 Å². The van der Waals surface area contributed by atoms with E-state index in [1.807, 2.05) is 13.8 Å². The van der Waals surface area contributed by atoms with Crippen molar-refractivity contribution in [3.8, 4) is 11.5 Å². The van der Waals surface area contributed by atoms with Crippen LogP contribution in [-0.2, 0) is 4.74 Å². The number of hydrogen-bond acceptors (Lipinski definition) is 4. The van der Waals surface area contributed by atoms with E-state index in [0.717, 1.165) is 12.8 Å². The summed E-state index contributed by atoms with van der Waals surface area (Å²) in [6.07, 6.45) is 1.89. The second kappa shape index (κ2) is 7.63. The molecular weight excluding hydrogens is 246 g/mol. The molecule has 3 N–H and O–H groups in total. The van der Waals surface area contributed by atoms with Crippen LogP contribution in [0.1, 0.15) is 37.0 Å². The second-order valence-corrected chi connectivity index (χ2v) is 4.56. The molecule has 0 aliphatic rings. The molecule has 1 aromatic rings. The number of rotatable bonds is 7. The molecule has 0 unspecified atom stereocenters. The molecule has 0 aromatic heterocycles. The number of nitrogens with one attached hydrogen (secondary N) is 1. The Kier molecular flexibility index (Phi) is 6.15. The number of benzene rings is 1. The molecule has 0 saturated heterocycles. The van der Waals surface area contributed by atoms with Gasteiger partial charge in [-0.15, -0.1) is 0 Å². The van der Waals surface area contributed by atoms with Crippen LogP contribution in [0.3, 0.4) is 0 Å². The van der Waals surface area contributed by atoms with Crippen LogP contribution in [0.15, 0.2) is 18.2 Å². The number of carbonyl (C=O) groups excluding carboxylic acids is 1. The molecule has 0 aliphatic carbocycles. The fraction of sp³-hybridized carbons (Fsp3) is 0.500. The highest BCUT2D eigenvalue weighted by atomic mass is 16.5. The van der Waals surface area contributed by atoms with Gasteiger partial charge < -0.3 is 20.3 Å². The lowest BCUT2D eigenvalue weighted by Gasteiger charge is -2.09. The van der Waals surface area contributed by atoms with Crippen molar-refractivity contribution >= 4 is 5.91 Å². The van der Waals surface area contributed by atoms with E-state index in [9.17, 15) is 15.0 Å². The van der Waals surface area contributed by atoms with E-state index >= 15 is 0 Å². The van der Waals surface area contributed by atoms with E-state index < -0.39 is 5.91 Å². The van der Waals surface area contributed by atoms with E-state index in [2.05, 4.69) is 5.32 Å². The van der Waals surface area contributed by atoms with Crippen LogP contribution in [0.5, 0.6) is 11.5 Å². The minimum Gasteiger partial charge on any atom is -0.504 e. The zero-order valence-corrected chi connectivity index (χ0v) is 11.3. The number of aromatic hydroxyl groups is 2. The fourth-order valence-corrected chi connectivity index (χ4v) is 1.56. The molecule has 0 fully saturated rings. The van der Waals surface area contributed by atoms with Gasteiger partial charge >= 0.3 is 0 Å².